The van der Waals surface area contributed by atoms with E-state index in [1.54, 1.807) is 0 Å². The smallest absolute Gasteiger partial charge is 0.0683 e. The maximum Gasteiger partial charge on any atom is -0.0683 e. The van der Waals surface area contributed by atoms with Gasteiger partial charge in [-0.2, -0.15) is 0 Å². The third-order valence-corrected chi connectivity index (χ3v) is 0. The van der Waals surface area contributed by atoms with Crippen molar-refractivity contribution in [3.8, 4) is 0 Å². The van der Waals surface area contributed by atoms with Crippen LogP contribution < -0.4 is 0 Å². The first-order chi connectivity index (χ1) is 28.0. The molecule has 0 radical (unpaired) electrons. The molecule has 0 aliphatic heterocycles. The quantitative estimate of drug-likeness (QED) is 0.227. The van der Waals surface area contributed by atoms with Crippen molar-refractivity contribution < 1.29 is 0 Å². The number of rotatable bonds is 0. The van der Waals surface area contributed by atoms with E-state index in [1.165, 1.54) is 0 Å². The standard InChI is InChI=1S/28C2H6.21CH4/c28*1-2;;;;;;;;;;;;;;;;;;;;;/h28*1-2H3;21*1H4. The zero-order chi connectivity index (χ0) is 56.0. The van der Waals surface area contributed by atoms with E-state index in [4.69, 9.17) is 0 Å². The molecule has 0 aromatic carbocycles. The summed E-state index contributed by atoms with van der Waals surface area (Å²) in [5.74, 6) is 0. The normalized spacial score (nSPS) is 2.18. The van der Waals surface area contributed by atoms with Gasteiger partial charge in [0.05, 0.1) is 0 Å². The monoisotopic (exact) mass is 1180 g/mol. The van der Waals surface area contributed by atoms with Gasteiger partial charge in [0.25, 0.3) is 0 Å². The topological polar surface area (TPSA) is 0 Å². The van der Waals surface area contributed by atoms with Crippen molar-refractivity contribution in [3.63, 3.8) is 0 Å². The number of hydrogen-bond donors (Lipinski definition) is 0. The van der Waals surface area contributed by atoms with Gasteiger partial charge in [-0.25, -0.2) is 0 Å². The lowest BCUT2D eigenvalue weighted by atomic mass is 11.0. The molecule has 0 unspecified atom stereocenters. The van der Waals surface area contributed by atoms with E-state index >= 15 is 0 Å². The zero-order valence-corrected chi connectivity index (χ0v) is 56.0. The summed E-state index contributed by atoms with van der Waals surface area (Å²) < 4.78 is 0. The summed E-state index contributed by atoms with van der Waals surface area (Å²) in [5.41, 5.74) is 0. The zero-order valence-electron chi connectivity index (χ0n) is 56.0. The Bertz CT molecular complexity index is 0. The van der Waals surface area contributed by atoms with Crippen molar-refractivity contribution in [2.75, 3.05) is 0 Å². The average Bonchev–Trinajstić information content (AvgIpc) is 3.45. The summed E-state index contributed by atoms with van der Waals surface area (Å²) in [6.45, 7) is 112. The molecular weight excluding hydrogens is 925 g/mol. The highest BCUT2D eigenvalue weighted by molar-refractivity contribution is 3.56. The first kappa shape index (κ1) is 567. The van der Waals surface area contributed by atoms with Crippen molar-refractivity contribution in [3.05, 3.63) is 0 Å². The molecule has 0 heterocycles. The third-order valence-electron chi connectivity index (χ3n) is 0. The maximum absolute atomic E-state index is 2.00. The van der Waals surface area contributed by atoms with E-state index in [2.05, 4.69) is 0 Å². The Kier molecular flexibility index (Phi) is 0. The molecule has 0 aliphatic rings. The van der Waals surface area contributed by atoms with Gasteiger partial charge >= 0.3 is 0 Å². The van der Waals surface area contributed by atoms with Gasteiger partial charge in [-0.1, -0.05) is 544 Å². The molecule has 0 aromatic rings. The first-order valence-electron chi connectivity index (χ1n) is 28.0. The predicted octanol–water partition coefficient (Wildman–Crippen LogP) is 42.1. The Balaban J connectivity index is -0.00000000222. The summed E-state index contributed by atoms with van der Waals surface area (Å²) >= 11 is 0. The highest BCUT2D eigenvalue weighted by atomic mass is 13.1. The van der Waals surface area contributed by atoms with E-state index in [0.29, 0.717) is 0 Å². The van der Waals surface area contributed by atoms with Crippen molar-refractivity contribution in [1.29, 1.82) is 0 Å². The fourth-order valence-corrected chi connectivity index (χ4v) is 0. The predicted molar refractivity (Wildman–Crippen MR) is 459 cm³/mol. The van der Waals surface area contributed by atoms with Gasteiger partial charge in [-0.05, 0) is 0 Å². The molecule has 0 saturated carbocycles. The number of hydrogen-bond acceptors (Lipinski definition) is 0. The van der Waals surface area contributed by atoms with Gasteiger partial charge < -0.3 is 0 Å². The minimum atomic E-state index is 0. The van der Waals surface area contributed by atoms with Crippen LogP contribution in [0.2, 0.25) is 0 Å². The summed E-state index contributed by atoms with van der Waals surface area (Å²) in [6.07, 6.45) is 0. The molecule has 0 nitrogen and oxygen atoms in total. The van der Waals surface area contributed by atoms with Crippen LogP contribution >= 0.6 is 0 Å². The van der Waals surface area contributed by atoms with Crippen LogP contribution in [0.1, 0.15) is 544 Å². The van der Waals surface area contributed by atoms with E-state index in [1.807, 2.05) is 388 Å². The van der Waals surface area contributed by atoms with E-state index in [-0.39, 0.29) is 156 Å². The van der Waals surface area contributed by atoms with E-state index in [0.717, 1.165) is 0 Å². The maximum atomic E-state index is 2.00. The molecular formula is C77H252. The van der Waals surface area contributed by atoms with Crippen molar-refractivity contribution in [2.45, 2.75) is 544 Å². The molecule has 560 valence electrons. The minimum Gasteiger partial charge on any atom is -0.0776 e. The van der Waals surface area contributed by atoms with Crippen LogP contribution in [0.3, 0.4) is 0 Å². The highest BCUT2D eigenvalue weighted by Crippen LogP contribution is 1.20. The fourth-order valence-electron chi connectivity index (χ4n) is 0. The van der Waals surface area contributed by atoms with Gasteiger partial charge in [-0.3, -0.25) is 0 Å². The van der Waals surface area contributed by atoms with Gasteiger partial charge in [0.1, 0.15) is 0 Å². The fraction of sp³-hybridized carbons (Fsp3) is 1.00. The SMILES string of the molecule is C.C.C.C.C.C.C.C.C.C.C.C.C.C.C.C.C.C.C.C.C.CC.CC.CC.CC.CC.CC.CC.CC.CC.CC.CC.CC.CC.CC.CC.CC.CC.CC.CC.CC.CC.CC.CC.CC.CC.CC.CC.CC. The summed E-state index contributed by atoms with van der Waals surface area (Å²) in [5, 5.41) is 0. The van der Waals surface area contributed by atoms with Gasteiger partial charge in [0.15, 0.2) is 0 Å². The summed E-state index contributed by atoms with van der Waals surface area (Å²) in [6, 6.07) is 0. The van der Waals surface area contributed by atoms with Crippen molar-refractivity contribution in [2.24, 2.45) is 0 Å². The molecule has 0 fully saturated rings. The Labute approximate surface area is 541 Å². The second-order valence-corrected chi connectivity index (χ2v) is 0. The molecule has 0 spiro atoms. The van der Waals surface area contributed by atoms with Crippen LogP contribution in [0, 0.1) is 0 Å². The van der Waals surface area contributed by atoms with Gasteiger partial charge in [-0.15, -0.1) is 0 Å². The Morgan fingerprint density at radius 1 is 0.0390 bits per heavy atom. The molecule has 0 aromatic heterocycles. The van der Waals surface area contributed by atoms with E-state index < -0.39 is 0 Å². The van der Waals surface area contributed by atoms with Crippen molar-refractivity contribution in [1.82, 2.24) is 0 Å². The molecule has 0 N–H and O–H groups in total. The lowest BCUT2D eigenvalue weighted by Gasteiger charge is -1.07. The molecule has 0 amide bonds. The van der Waals surface area contributed by atoms with Crippen LogP contribution in [0.25, 0.3) is 0 Å². The van der Waals surface area contributed by atoms with Gasteiger partial charge in [0.2, 0.25) is 0 Å². The average molecular weight is 1180 g/mol. The van der Waals surface area contributed by atoms with Gasteiger partial charge in [0, 0.05) is 0 Å². The second-order valence-electron chi connectivity index (χ2n) is 0. The Hall–Kier alpha value is 0. The highest BCUT2D eigenvalue weighted by Gasteiger charge is 0.987. The third kappa shape index (κ3) is 0. The van der Waals surface area contributed by atoms with Crippen LogP contribution in [-0.2, 0) is 0 Å². The summed E-state index contributed by atoms with van der Waals surface area (Å²) in [7, 11) is 0. The minimum absolute atomic E-state index is 0. The second kappa shape index (κ2) is 0. The molecule has 0 bridgehead atoms. The van der Waals surface area contributed by atoms with E-state index in [9.17, 15) is 0 Å². The molecule has 77 heavy (non-hydrogen) atoms. The lowest BCUT2D eigenvalue weighted by molar-refractivity contribution is 1.50. The molecule has 0 heteroatoms. The van der Waals surface area contributed by atoms with Crippen LogP contribution in [0.4, 0.5) is 0 Å². The Morgan fingerprint density at radius 2 is 0.0390 bits per heavy atom. The lowest BCUT2D eigenvalue weighted by Crippen LogP contribution is -0.856. The largest absolute Gasteiger partial charge is 0.0776 e. The van der Waals surface area contributed by atoms with Crippen LogP contribution in [-0.4, -0.2) is 0 Å². The molecule has 0 saturated heterocycles. The molecule has 0 atom stereocenters. The van der Waals surface area contributed by atoms with Crippen LogP contribution in [0.15, 0.2) is 0 Å². The molecule has 0 aliphatic carbocycles. The molecule has 0 rings (SSSR count). The van der Waals surface area contributed by atoms with Crippen LogP contribution in [0.5, 0.6) is 0 Å². The first-order valence-corrected chi connectivity index (χ1v) is 28.0. The Morgan fingerprint density at radius 3 is 0.0390 bits per heavy atom. The van der Waals surface area contributed by atoms with Crippen molar-refractivity contribution >= 4 is 0 Å². The summed E-state index contributed by atoms with van der Waals surface area (Å²) in [4.78, 5) is 0.